The Balaban J connectivity index is 0.00000242. The maximum Gasteiger partial charge on any atom is 0.227 e. The van der Waals surface area contributed by atoms with Crippen molar-refractivity contribution in [2.24, 2.45) is 11.7 Å². The molecule has 5 heteroatoms. The van der Waals surface area contributed by atoms with Gasteiger partial charge in [0.15, 0.2) is 0 Å². The molecular weight excluding hydrogens is 300 g/mol. The van der Waals surface area contributed by atoms with Gasteiger partial charge in [0.1, 0.15) is 6.10 Å². The van der Waals surface area contributed by atoms with Crippen LogP contribution >= 0.6 is 12.4 Å². The first-order chi connectivity index (χ1) is 9.91. The van der Waals surface area contributed by atoms with Gasteiger partial charge in [0.05, 0.1) is 25.1 Å². The normalized spacial score (nSPS) is 24.3. The number of morpholine rings is 1. The summed E-state index contributed by atoms with van der Waals surface area (Å²) in [4.78, 5) is 14.5. The summed E-state index contributed by atoms with van der Waals surface area (Å²) in [7, 11) is 0. The van der Waals surface area contributed by atoms with Crippen LogP contribution in [0.5, 0.6) is 0 Å². The quantitative estimate of drug-likeness (QED) is 0.929. The fraction of sp³-hybridized carbons (Fsp3) is 0.588. The summed E-state index contributed by atoms with van der Waals surface area (Å²) in [5.74, 6) is -0.0394. The summed E-state index contributed by atoms with van der Waals surface area (Å²) < 4.78 is 5.95. The molecule has 1 aromatic carbocycles. The average molecular weight is 327 g/mol. The lowest BCUT2D eigenvalue weighted by Gasteiger charge is -2.40. The van der Waals surface area contributed by atoms with Crippen molar-refractivity contribution < 1.29 is 9.53 Å². The molecule has 0 saturated carbocycles. The zero-order chi connectivity index (χ0) is 15.6. The topological polar surface area (TPSA) is 55.6 Å². The smallest absolute Gasteiger partial charge is 0.227 e. The third-order valence-corrected chi connectivity index (χ3v) is 4.43. The molecule has 1 saturated heterocycles. The maximum absolute atomic E-state index is 12.6. The van der Waals surface area contributed by atoms with Crippen molar-refractivity contribution in [2.75, 3.05) is 13.2 Å². The van der Waals surface area contributed by atoms with Crippen molar-refractivity contribution in [3.8, 4) is 0 Å². The monoisotopic (exact) mass is 326 g/mol. The molecule has 124 valence electrons. The second-order valence-corrected chi connectivity index (χ2v) is 6.17. The number of benzene rings is 1. The van der Waals surface area contributed by atoms with Gasteiger partial charge in [0.25, 0.3) is 0 Å². The minimum atomic E-state index is -0.164. The third kappa shape index (κ3) is 4.00. The number of halogens is 1. The zero-order valence-electron chi connectivity index (χ0n) is 13.8. The van der Waals surface area contributed by atoms with Crippen molar-refractivity contribution in [3.63, 3.8) is 0 Å². The Morgan fingerprint density at radius 1 is 1.36 bits per heavy atom. The fourth-order valence-electron chi connectivity index (χ4n) is 2.69. The van der Waals surface area contributed by atoms with E-state index in [0.717, 1.165) is 5.56 Å². The van der Waals surface area contributed by atoms with E-state index in [1.807, 2.05) is 37.8 Å². The summed E-state index contributed by atoms with van der Waals surface area (Å²) in [6.45, 7) is 9.05. The van der Waals surface area contributed by atoms with Crippen LogP contribution in [-0.4, -0.2) is 36.0 Å². The maximum atomic E-state index is 12.6. The molecule has 2 rings (SSSR count). The number of aryl methyl sites for hydroxylation is 1. The van der Waals surface area contributed by atoms with E-state index in [9.17, 15) is 4.79 Å². The minimum Gasteiger partial charge on any atom is -0.370 e. The first-order valence-electron chi connectivity index (χ1n) is 7.65. The van der Waals surface area contributed by atoms with Crippen LogP contribution in [-0.2, 0) is 9.53 Å². The molecule has 0 aromatic heterocycles. The first kappa shape index (κ1) is 18.9. The molecule has 0 aliphatic carbocycles. The Morgan fingerprint density at radius 2 is 2.00 bits per heavy atom. The van der Waals surface area contributed by atoms with Crippen LogP contribution in [0.2, 0.25) is 0 Å². The lowest BCUT2D eigenvalue weighted by atomic mass is 9.98. The van der Waals surface area contributed by atoms with Crippen molar-refractivity contribution in [2.45, 2.75) is 45.9 Å². The van der Waals surface area contributed by atoms with E-state index < -0.39 is 0 Å². The predicted octanol–water partition coefficient (Wildman–Crippen LogP) is 2.69. The van der Waals surface area contributed by atoms with Crippen molar-refractivity contribution >= 4 is 18.3 Å². The molecule has 4 atom stereocenters. The van der Waals surface area contributed by atoms with Gasteiger partial charge in [-0.2, -0.15) is 0 Å². The first-order valence-corrected chi connectivity index (χ1v) is 7.65. The summed E-state index contributed by atoms with van der Waals surface area (Å²) in [6, 6.07) is 8.15. The van der Waals surface area contributed by atoms with Gasteiger partial charge < -0.3 is 15.4 Å². The van der Waals surface area contributed by atoms with E-state index in [1.54, 1.807) is 0 Å². The van der Waals surface area contributed by atoms with Crippen LogP contribution in [0.1, 0.15) is 38.0 Å². The highest BCUT2D eigenvalue weighted by molar-refractivity contribution is 5.85. The lowest BCUT2D eigenvalue weighted by molar-refractivity contribution is -0.148. The molecule has 0 bridgehead atoms. The van der Waals surface area contributed by atoms with Gasteiger partial charge in [-0.25, -0.2) is 0 Å². The van der Waals surface area contributed by atoms with Crippen LogP contribution < -0.4 is 5.73 Å². The number of ether oxygens (including phenoxy) is 1. The largest absolute Gasteiger partial charge is 0.370 e. The highest BCUT2D eigenvalue weighted by Crippen LogP contribution is 2.28. The standard InChI is InChI=1S/C17H26N2O2.ClH/c1-11-7-5-6-8-15(11)16-9-19(12(2)10-21-16)17(20)13(3)14(4)18;/h5-8,12-14,16H,9-10,18H2,1-4H3;1H. The molecule has 1 heterocycles. The van der Waals surface area contributed by atoms with Crippen molar-refractivity contribution in [1.82, 2.24) is 4.90 Å². The van der Waals surface area contributed by atoms with E-state index in [-0.39, 0.29) is 42.4 Å². The van der Waals surface area contributed by atoms with Gasteiger partial charge >= 0.3 is 0 Å². The molecule has 4 unspecified atom stereocenters. The second-order valence-electron chi connectivity index (χ2n) is 6.17. The molecule has 1 amide bonds. The predicted molar refractivity (Wildman–Crippen MR) is 91.1 cm³/mol. The van der Waals surface area contributed by atoms with Gasteiger partial charge in [-0.1, -0.05) is 31.2 Å². The summed E-state index contributed by atoms with van der Waals surface area (Å²) in [5.41, 5.74) is 8.24. The summed E-state index contributed by atoms with van der Waals surface area (Å²) in [6.07, 6.45) is -0.0494. The van der Waals surface area contributed by atoms with Crippen LogP contribution in [0.25, 0.3) is 0 Å². The second kappa shape index (κ2) is 7.95. The number of amides is 1. The Morgan fingerprint density at radius 3 is 2.59 bits per heavy atom. The average Bonchev–Trinajstić information content (AvgIpc) is 2.47. The van der Waals surface area contributed by atoms with Crippen LogP contribution in [0.3, 0.4) is 0 Å². The molecular formula is C17H27ClN2O2. The van der Waals surface area contributed by atoms with Crippen LogP contribution in [0, 0.1) is 12.8 Å². The number of rotatable bonds is 3. The summed E-state index contributed by atoms with van der Waals surface area (Å²) >= 11 is 0. The third-order valence-electron chi connectivity index (χ3n) is 4.43. The number of nitrogens with two attached hydrogens (primary N) is 1. The Kier molecular flexibility index (Phi) is 6.85. The van der Waals surface area contributed by atoms with Gasteiger partial charge in [-0.15, -0.1) is 12.4 Å². The molecule has 1 aliphatic rings. The number of hydrogen-bond donors (Lipinski definition) is 1. The number of carbonyl (C=O) groups is 1. The van der Waals surface area contributed by atoms with E-state index in [1.165, 1.54) is 5.56 Å². The number of nitrogens with zero attached hydrogens (tertiary/aromatic N) is 1. The number of carbonyl (C=O) groups excluding carboxylic acids is 1. The molecule has 2 N–H and O–H groups in total. The van der Waals surface area contributed by atoms with Gasteiger partial charge in [-0.05, 0) is 31.9 Å². The molecule has 1 fully saturated rings. The van der Waals surface area contributed by atoms with Crippen molar-refractivity contribution in [3.05, 3.63) is 35.4 Å². The van der Waals surface area contributed by atoms with E-state index >= 15 is 0 Å². The molecule has 22 heavy (non-hydrogen) atoms. The zero-order valence-corrected chi connectivity index (χ0v) is 14.6. The Bertz CT molecular complexity index is 507. The van der Waals surface area contributed by atoms with Crippen molar-refractivity contribution in [1.29, 1.82) is 0 Å². The highest BCUT2D eigenvalue weighted by atomic mass is 35.5. The number of hydrogen-bond acceptors (Lipinski definition) is 3. The van der Waals surface area contributed by atoms with Gasteiger partial charge in [0.2, 0.25) is 5.91 Å². The molecule has 0 spiro atoms. The van der Waals surface area contributed by atoms with Gasteiger partial charge in [-0.3, -0.25) is 4.79 Å². The van der Waals surface area contributed by atoms with E-state index in [0.29, 0.717) is 13.2 Å². The van der Waals surface area contributed by atoms with Crippen LogP contribution in [0.15, 0.2) is 24.3 Å². The highest BCUT2D eigenvalue weighted by Gasteiger charge is 2.33. The molecule has 4 nitrogen and oxygen atoms in total. The fourth-order valence-corrected chi connectivity index (χ4v) is 2.69. The molecule has 0 radical (unpaired) electrons. The Labute approximate surface area is 139 Å². The van der Waals surface area contributed by atoms with Crippen LogP contribution in [0.4, 0.5) is 0 Å². The van der Waals surface area contributed by atoms with Gasteiger partial charge in [0, 0.05) is 6.04 Å². The molecule has 1 aliphatic heterocycles. The Hall–Kier alpha value is -1.10. The molecule has 1 aromatic rings. The van der Waals surface area contributed by atoms with E-state index in [2.05, 4.69) is 19.1 Å². The summed E-state index contributed by atoms with van der Waals surface area (Å²) in [5, 5.41) is 0. The van der Waals surface area contributed by atoms with E-state index in [4.69, 9.17) is 10.5 Å². The lowest BCUT2D eigenvalue weighted by Crippen LogP contribution is -2.52. The minimum absolute atomic E-state index is 0. The SMILES string of the molecule is Cc1ccccc1C1CN(C(=O)C(C)C(C)N)C(C)CO1.Cl.